The summed E-state index contributed by atoms with van der Waals surface area (Å²) in [6.07, 6.45) is 3.23. The van der Waals surface area contributed by atoms with Crippen molar-refractivity contribution < 1.29 is 19.0 Å². The molecule has 0 aliphatic heterocycles. The van der Waals surface area contributed by atoms with Crippen LogP contribution >= 0.6 is 0 Å². The van der Waals surface area contributed by atoms with Crippen molar-refractivity contribution in [3.8, 4) is 0 Å². The number of hydrogen-bond donors (Lipinski definition) is 0. The van der Waals surface area contributed by atoms with Crippen molar-refractivity contribution in [3.63, 3.8) is 0 Å². The molecular weight excluding hydrogens is 298 g/mol. The molecule has 0 atom stereocenters. The highest BCUT2D eigenvalue weighted by Gasteiger charge is 2.42. The van der Waals surface area contributed by atoms with Crippen LogP contribution in [0, 0.1) is 0 Å². The Morgan fingerprint density at radius 1 is 1.13 bits per heavy atom. The minimum Gasteiger partial charge on any atom is -0.324 e. The van der Waals surface area contributed by atoms with Crippen LogP contribution in [0.2, 0.25) is 0 Å². The normalized spacial score (nSPS) is 12.4. The van der Waals surface area contributed by atoms with Crippen molar-refractivity contribution in [2.75, 3.05) is 21.3 Å². The second-order valence-corrected chi connectivity index (χ2v) is 4.73. The highest BCUT2D eigenvalue weighted by atomic mass is 16.9. The van der Waals surface area contributed by atoms with E-state index in [-0.39, 0.29) is 5.69 Å². The van der Waals surface area contributed by atoms with Crippen LogP contribution in [0.5, 0.6) is 0 Å². The third-order valence-corrected chi connectivity index (χ3v) is 3.38. The zero-order valence-corrected chi connectivity index (χ0v) is 13.5. The van der Waals surface area contributed by atoms with Gasteiger partial charge in [-0.1, -0.05) is 35.5 Å². The number of carbonyl (C=O) groups excluding carboxylic acids is 1. The molecule has 1 aromatic carbocycles. The monoisotopic (exact) mass is 317 g/mol. The number of rotatable bonds is 7. The first kappa shape index (κ1) is 17.0. The number of ether oxygens (including phenoxy) is 3. The fourth-order valence-corrected chi connectivity index (χ4v) is 2.19. The summed E-state index contributed by atoms with van der Waals surface area (Å²) in [5.74, 6) is -2.36. The minimum atomic E-state index is -1.83. The van der Waals surface area contributed by atoms with Gasteiger partial charge < -0.3 is 14.2 Å². The topological polar surface area (TPSA) is 75.5 Å². The lowest BCUT2D eigenvalue weighted by Crippen LogP contribution is -2.45. The predicted octanol–water partition coefficient (Wildman–Crippen LogP) is 2.07. The lowest BCUT2D eigenvalue weighted by Gasteiger charge is -2.26. The van der Waals surface area contributed by atoms with Crippen LogP contribution in [0.25, 0.3) is 11.8 Å². The number of allylic oxidation sites excluding steroid dienone is 1. The Morgan fingerprint density at radius 3 is 2.30 bits per heavy atom. The molecule has 0 fully saturated rings. The molecular formula is C16H19N3O4. The molecule has 0 N–H and O–H groups in total. The molecule has 0 bridgehead atoms. The van der Waals surface area contributed by atoms with Crippen LogP contribution in [0.1, 0.15) is 23.0 Å². The van der Waals surface area contributed by atoms with Gasteiger partial charge in [0.1, 0.15) is 5.69 Å². The Kier molecular flexibility index (Phi) is 5.38. The van der Waals surface area contributed by atoms with Crippen molar-refractivity contribution in [3.05, 3.63) is 47.8 Å². The van der Waals surface area contributed by atoms with E-state index in [4.69, 9.17) is 14.2 Å². The van der Waals surface area contributed by atoms with Crippen LogP contribution in [0.15, 0.2) is 36.5 Å². The summed E-state index contributed by atoms with van der Waals surface area (Å²) in [6.45, 7) is 1.83. The van der Waals surface area contributed by atoms with E-state index in [0.717, 1.165) is 5.56 Å². The predicted molar refractivity (Wildman–Crippen MR) is 84.4 cm³/mol. The summed E-state index contributed by atoms with van der Waals surface area (Å²) >= 11 is 0. The van der Waals surface area contributed by atoms with Gasteiger partial charge >= 0.3 is 5.97 Å². The average molecular weight is 317 g/mol. The smallest absolute Gasteiger partial charge is 0.324 e. The van der Waals surface area contributed by atoms with Crippen molar-refractivity contribution >= 4 is 17.6 Å². The molecule has 0 radical (unpaired) electrons. The molecule has 0 saturated heterocycles. The number of methoxy groups -OCH3 is 3. The zero-order valence-electron chi connectivity index (χ0n) is 13.5. The van der Waals surface area contributed by atoms with Gasteiger partial charge in [-0.3, -0.25) is 4.79 Å². The minimum absolute atomic E-state index is 0.195. The third-order valence-electron chi connectivity index (χ3n) is 3.38. The lowest BCUT2D eigenvalue weighted by molar-refractivity contribution is -0.312. The van der Waals surface area contributed by atoms with E-state index in [1.807, 2.05) is 43.3 Å². The first-order valence-electron chi connectivity index (χ1n) is 6.92. The Bertz CT molecular complexity index is 682. The molecule has 23 heavy (non-hydrogen) atoms. The Morgan fingerprint density at radius 2 is 1.74 bits per heavy atom. The number of Topliss-reactive ketones (excluding diaryl/α,β-unsaturated/α-hetero) is 1. The van der Waals surface area contributed by atoms with Gasteiger partial charge in [0, 0.05) is 27.0 Å². The SMILES string of the molecule is COC(OC)(OC)C(=O)c1cnnn1C(C)=Cc1ccccc1. The molecule has 0 aliphatic rings. The van der Waals surface area contributed by atoms with Crippen molar-refractivity contribution in [1.29, 1.82) is 0 Å². The van der Waals surface area contributed by atoms with E-state index < -0.39 is 11.8 Å². The van der Waals surface area contributed by atoms with Crippen molar-refractivity contribution in [1.82, 2.24) is 15.0 Å². The molecule has 122 valence electrons. The van der Waals surface area contributed by atoms with Gasteiger partial charge in [0.2, 0.25) is 0 Å². The fraction of sp³-hybridized carbons (Fsp3) is 0.312. The summed E-state index contributed by atoms with van der Waals surface area (Å²) in [7, 11) is 3.98. The molecule has 2 aromatic rings. The van der Waals surface area contributed by atoms with Crippen LogP contribution in [0.3, 0.4) is 0 Å². The van der Waals surface area contributed by atoms with Crippen LogP contribution in [-0.2, 0) is 14.2 Å². The molecule has 7 nitrogen and oxygen atoms in total. The van der Waals surface area contributed by atoms with Crippen LogP contribution < -0.4 is 0 Å². The maximum Gasteiger partial charge on any atom is 0.352 e. The van der Waals surface area contributed by atoms with Gasteiger partial charge in [-0.25, -0.2) is 4.68 Å². The zero-order chi connectivity index (χ0) is 16.9. The summed E-state index contributed by atoms with van der Waals surface area (Å²) < 4.78 is 16.7. The molecule has 1 heterocycles. The molecule has 0 unspecified atom stereocenters. The Hall–Kier alpha value is -2.35. The number of hydrogen-bond acceptors (Lipinski definition) is 6. The van der Waals surface area contributed by atoms with Gasteiger partial charge in [-0.2, -0.15) is 0 Å². The van der Waals surface area contributed by atoms with Crippen molar-refractivity contribution in [2.24, 2.45) is 0 Å². The molecule has 1 aromatic heterocycles. The highest BCUT2D eigenvalue weighted by Crippen LogP contribution is 2.21. The molecule has 2 rings (SSSR count). The number of benzene rings is 1. The van der Waals surface area contributed by atoms with Crippen LogP contribution in [0.4, 0.5) is 0 Å². The maximum atomic E-state index is 12.7. The second-order valence-electron chi connectivity index (χ2n) is 4.73. The largest absolute Gasteiger partial charge is 0.352 e. The molecule has 0 aliphatic carbocycles. The number of nitrogens with zero attached hydrogens (tertiary/aromatic N) is 3. The number of ketones is 1. The molecule has 0 amide bonds. The first-order chi connectivity index (χ1) is 11.1. The van der Waals surface area contributed by atoms with Gasteiger partial charge in [-0.05, 0) is 18.6 Å². The molecule has 0 spiro atoms. The Labute approximate surface area is 134 Å². The van der Waals surface area contributed by atoms with Gasteiger partial charge in [0.25, 0.3) is 5.78 Å². The van der Waals surface area contributed by atoms with Gasteiger partial charge in [0.15, 0.2) is 0 Å². The molecule has 7 heteroatoms. The number of carbonyl (C=O) groups is 1. The van der Waals surface area contributed by atoms with E-state index in [1.165, 1.54) is 32.2 Å². The average Bonchev–Trinajstić information content (AvgIpc) is 3.07. The molecule has 0 saturated carbocycles. The summed E-state index contributed by atoms with van der Waals surface area (Å²) in [5, 5.41) is 7.77. The summed E-state index contributed by atoms with van der Waals surface area (Å²) in [5.41, 5.74) is 1.89. The van der Waals surface area contributed by atoms with E-state index >= 15 is 0 Å². The number of aromatic nitrogens is 3. The van der Waals surface area contributed by atoms with E-state index in [2.05, 4.69) is 10.3 Å². The van der Waals surface area contributed by atoms with E-state index in [0.29, 0.717) is 5.70 Å². The quantitative estimate of drug-likeness (QED) is 0.575. The van der Waals surface area contributed by atoms with Gasteiger partial charge in [-0.15, -0.1) is 5.10 Å². The summed E-state index contributed by atoms with van der Waals surface area (Å²) in [6, 6.07) is 9.69. The van der Waals surface area contributed by atoms with E-state index in [1.54, 1.807) is 0 Å². The maximum absolute atomic E-state index is 12.7. The lowest BCUT2D eigenvalue weighted by atomic mass is 10.2. The van der Waals surface area contributed by atoms with Crippen molar-refractivity contribution in [2.45, 2.75) is 12.9 Å². The van der Waals surface area contributed by atoms with E-state index in [9.17, 15) is 4.79 Å². The standard InChI is InChI=1S/C16H19N3O4/c1-12(10-13-8-6-5-7-9-13)19-14(11-17-18-19)15(20)16(21-2,22-3)23-4/h5-11H,1-4H3. The summed E-state index contributed by atoms with van der Waals surface area (Å²) in [4.78, 5) is 12.7. The van der Waals surface area contributed by atoms with Crippen LogP contribution in [-0.4, -0.2) is 48.1 Å². The van der Waals surface area contributed by atoms with Gasteiger partial charge in [0.05, 0.1) is 6.20 Å². The first-order valence-corrected chi connectivity index (χ1v) is 6.92. The third kappa shape index (κ3) is 3.37. The second kappa shape index (κ2) is 7.28. The Balaban J connectivity index is 2.40. The highest BCUT2D eigenvalue weighted by molar-refractivity contribution is 6.00. The fourth-order valence-electron chi connectivity index (χ4n) is 2.19.